The molecule has 0 spiro atoms. The molecular weight excluding hydrogens is 389 g/mol. The summed E-state index contributed by atoms with van der Waals surface area (Å²) in [7, 11) is 1.60. The number of hydrogen-bond acceptors (Lipinski definition) is 4. The second-order valence-corrected chi connectivity index (χ2v) is 7.06. The van der Waals surface area contributed by atoms with Gasteiger partial charge in [-0.2, -0.15) is 0 Å². The Kier molecular flexibility index (Phi) is 5.56. The minimum atomic E-state index is 0.596. The van der Waals surface area contributed by atoms with E-state index in [1.54, 1.807) is 31.4 Å². The van der Waals surface area contributed by atoms with Crippen molar-refractivity contribution in [3.05, 3.63) is 57.0 Å². The van der Waals surface area contributed by atoms with Gasteiger partial charge in [-0.1, -0.05) is 52.6 Å². The first kappa shape index (κ1) is 17.4. The van der Waals surface area contributed by atoms with Crippen LogP contribution in [0, 0.1) is 0 Å². The van der Waals surface area contributed by atoms with Crippen LogP contribution in [0.2, 0.25) is 15.1 Å². The number of rotatable bonds is 5. The van der Waals surface area contributed by atoms with Gasteiger partial charge in [0, 0.05) is 20.8 Å². The monoisotopic (exact) mass is 399 g/mol. The van der Waals surface area contributed by atoms with Gasteiger partial charge in [-0.15, -0.1) is 5.10 Å². The molecular formula is C16H12Cl3N3OS. The third-order valence-corrected chi connectivity index (χ3v) is 4.97. The summed E-state index contributed by atoms with van der Waals surface area (Å²) in [5.74, 6) is 1.91. The molecule has 0 fully saturated rings. The molecule has 0 aliphatic carbocycles. The topological polar surface area (TPSA) is 50.8 Å². The molecule has 0 bridgehead atoms. The van der Waals surface area contributed by atoms with Gasteiger partial charge in [-0.05, 0) is 35.9 Å². The zero-order chi connectivity index (χ0) is 17.1. The number of nitrogens with zero attached hydrogens (tertiary/aromatic N) is 2. The predicted octanol–water partition coefficient (Wildman–Crippen LogP) is 5.73. The third kappa shape index (κ3) is 3.98. The van der Waals surface area contributed by atoms with Crippen LogP contribution in [0.15, 0.2) is 41.6 Å². The summed E-state index contributed by atoms with van der Waals surface area (Å²) in [4.78, 5) is 4.48. The fraction of sp³-hybridized carbons (Fsp3) is 0.125. The summed E-state index contributed by atoms with van der Waals surface area (Å²) in [5, 5.41) is 9.58. The molecule has 0 amide bonds. The highest BCUT2D eigenvalue weighted by Gasteiger charge is 2.12. The van der Waals surface area contributed by atoms with Gasteiger partial charge in [0.25, 0.3) is 0 Å². The SMILES string of the molecule is COc1ccc(Cl)cc1-c1nc(SCc2ccc(Cl)cc2Cl)n[nH]1. The molecule has 4 nitrogen and oxygen atoms in total. The summed E-state index contributed by atoms with van der Waals surface area (Å²) in [6, 6.07) is 10.8. The highest BCUT2D eigenvalue weighted by molar-refractivity contribution is 7.98. The Labute approximate surface area is 158 Å². The number of hydrogen-bond donors (Lipinski definition) is 1. The van der Waals surface area contributed by atoms with Crippen molar-refractivity contribution in [2.45, 2.75) is 10.9 Å². The Morgan fingerprint density at radius 3 is 2.58 bits per heavy atom. The van der Waals surface area contributed by atoms with Crippen molar-refractivity contribution in [2.75, 3.05) is 7.11 Å². The van der Waals surface area contributed by atoms with E-state index in [2.05, 4.69) is 15.2 Å². The zero-order valence-electron chi connectivity index (χ0n) is 12.5. The lowest BCUT2D eigenvalue weighted by molar-refractivity contribution is 0.416. The van der Waals surface area contributed by atoms with Crippen molar-refractivity contribution in [1.29, 1.82) is 0 Å². The Bertz CT molecular complexity index is 870. The van der Waals surface area contributed by atoms with E-state index >= 15 is 0 Å². The maximum Gasteiger partial charge on any atom is 0.209 e. The number of aromatic amines is 1. The van der Waals surface area contributed by atoms with Gasteiger partial charge in [0.1, 0.15) is 5.75 Å². The smallest absolute Gasteiger partial charge is 0.209 e. The molecule has 3 rings (SSSR count). The number of thioether (sulfide) groups is 1. The second kappa shape index (κ2) is 7.66. The van der Waals surface area contributed by atoms with Gasteiger partial charge < -0.3 is 4.74 Å². The van der Waals surface area contributed by atoms with E-state index < -0.39 is 0 Å². The molecule has 0 radical (unpaired) electrons. The van der Waals surface area contributed by atoms with Gasteiger partial charge in [-0.25, -0.2) is 4.98 Å². The third-order valence-electron chi connectivity index (χ3n) is 3.25. The Morgan fingerprint density at radius 2 is 1.83 bits per heavy atom. The molecule has 1 heterocycles. The molecule has 0 saturated heterocycles. The Balaban J connectivity index is 1.77. The summed E-state index contributed by atoms with van der Waals surface area (Å²) >= 11 is 19.6. The summed E-state index contributed by atoms with van der Waals surface area (Å²) in [5.41, 5.74) is 1.73. The van der Waals surface area contributed by atoms with E-state index in [4.69, 9.17) is 39.5 Å². The summed E-state index contributed by atoms with van der Waals surface area (Å²) in [6.07, 6.45) is 0. The van der Waals surface area contributed by atoms with Crippen LogP contribution in [0.3, 0.4) is 0 Å². The average Bonchev–Trinajstić information content (AvgIpc) is 3.03. The van der Waals surface area contributed by atoms with Crippen molar-refractivity contribution < 1.29 is 4.74 Å². The Hall–Kier alpha value is -1.40. The first-order valence-corrected chi connectivity index (χ1v) is 9.02. The van der Waals surface area contributed by atoms with Crippen molar-refractivity contribution in [3.63, 3.8) is 0 Å². The van der Waals surface area contributed by atoms with Gasteiger partial charge in [0.15, 0.2) is 5.82 Å². The molecule has 24 heavy (non-hydrogen) atoms. The normalized spacial score (nSPS) is 10.8. The van der Waals surface area contributed by atoms with E-state index in [0.717, 1.165) is 11.1 Å². The lowest BCUT2D eigenvalue weighted by Crippen LogP contribution is -1.89. The first-order chi connectivity index (χ1) is 11.6. The lowest BCUT2D eigenvalue weighted by atomic mass is 10.2. The lowest BCUT2D eigenvalue weighted by Gasteiger charge is -2.05. The molecule has 0 aliphatic rings. The number of halogens is 3. The molecule has 0 unspecified atom stereocenters. The molecule has 1 aromatic heterocycles. The van der Waals surface area contributed by atoms with Crippen LogP contribution in [-0.4, -0.2) is 22.3 Å². The predicted molar refractivity (Wildman–Crippen MR) is 99.4 cm³/mol. The molecule has 8 heteroatoms. The van der Waals surface area contributed by atoms with Crippen molar-refractivity contribution in [1.82, 2.24) is 15.2 Å². The van der Waals surface area contributed by atoms with E-state index in [-0.39, 0.29) is 0 Å². The summed E-state index contributed by atoms with van der Waals surface area (Å²) in [6.45, 7) is 0. The minimum absolute atomic E-state index is 0.596. The van der Waals surface area contributed by atoms with Gasteiger partial charge in [0.2, 0.25) is 5.16 Å². The van der Waals surface area contributed by atoms with Crippen molar-refractivity contribution >= 4 is 46.6 Å². The van der Waals surface area contributed by atoms with Gasteiger partial charge in [-0.3, -0.25) is 5.10 Å². The fourth-order valence-electron chi connectivity index (χ4n) is 2.08. The maximum absolute atomic E-state index is 6.18. The van der Waals surface area contributed by atoms with Crippen LogP contribution >= 0.6 is 46.6 Å². The van der Waals surface area contributed by atoms with Crippen LogP contribution in [0.4, 0.5) is 0 Å². The highest BCUT2D eigenvalue weighted by Crippen LogP contribution is 2.32. The first-order valence-electron chi connectivity index (χ1n) is 6.90. The zero-order valence-corrected chi connectivity index (χ0v) is 15.6. The number of H-pyrrole nitrogens is 1. The Morgan fingerprint density at radius 1 is 1.08 bits per heavy atom. The highest BCUT2D eigenvalue weighted by atomic mass is 35.5. The quantitative estimate of drug-likeness (QED) is 0.555. The number of methoxy groups -OCH3 is 1. The van der Waals surface area contributed by atoms with Crippen LogP contribution in [0.5, 0.6) is 5.75 Å². The molecule has 0 aliphatic heterocycles. The number of benzene rings is 2. The van der Waals surface area contributed by atoms with Crippen LogP contribution in [0.25, 0.3) is 11.4 Å². The minimum Gasteiger partial charge on any atom is -0.496 e. The largest absolute Gasteiger partial charge is 0.496 e. The van der Waals surface area contributed by atoms with E-state index in [1.807, 2.05) is 12.1 Å². The number of nitrogens with one attached hydrogen (secondary N) is 1. The van der Waals surface area contributed by atoms with Crippen LogP contribution < -0.4 is 4.74 Å². The molecule has 2 aromatic carbocycles. The molecule has 1 N–H and O–H groups in total. The average molecular weight is 401 g/mol. The van der Waals surface area contributed by atoms with E-state index in [9.17, 15) is 0 Å². The second-order valence-electron chi connectivity index (χ2n) is 4.84. The van der Waals surface area contributed by atoms with Crippen molar-refractivity contribution in [3.8, 4) is 17.1 Å². The van der Waals surface area contributed by atoms with Crippen LogP contribution in [0.1, 0.15) is 5.56 Å². The van der Waals surface area contributed by atoms with Gasteiger partial charge in [0.05, 0.1) is 12.7 Å². The molecule has 3 aromatic rings. The molecule has 0 atom stereocenters. The van der Waals surface area contributed by atoms with Crippen LogP contribution in [-0.2, 0) is 5.75 Å². The van der Waals surface area contributed by atoms with E-state index in [0.29, 0.717) is 37.6 Å². The standard InChI is InChI=1S/C16H12Cl3N3OS/c1-23-14-5-4-10(17)6-12(14)15-20-16(22-21-15)24-8-9-2-3-11(18)7-13(9)19/h2-7H,8H2,1H3,(H,20,21,22). The van der Waals surface area contributed by atoms with Crippen molar-refractivity contribution in [2.24, 2.45) is 0 Å². The van der Waals surface area contributed by atoms with Gasteiger partial charge >= 0.3 is 0 Å². The fourth-order valence-corrected chi connectivity index (χ4v) is 3.61. The number of aromatic nitrogens is 3. The molecule has 124 valence electrons. The number of ether oxygens (including phenoxy) is 1. The van der Waals surface area contributed by atoms with E-state index in [1.165, 1.54) is 11.8 Å². The maximum atomic E-state index is 6.18. The molecule has 0 saturated carbocycles. The summed E-state index contributed by atoms with van der Waals surface area (Å²) < 4.78 is 5.34.